The van der Waals surface area contributed by atoms with Crippen LogP contribution in [0.5, 0.6) is 0 Å². The minimum atomic E-state index is -3.61. The average Bonchev–Trinajstić information content (AvgIpc) is 2.48. The van der Waals surface area contributed by atoms with Crippen LogP contribution in [0.3, 0.4) is 0 Å². The summed E-state index contributed by atoms with van der Waals surface area (Å²) in [6.07, 6.45) is 0.648. The molecule has 0 bridgehead atoms. The first kappa shape index (κ1) is 15.5. The van der Waals surface area contributed by atoms with Crippen molar-refractivity contribution in [2.45, 2.75) is 31.7 Å². The van der Waals surface area contributed by atoms with E-state index in [0.717, 1.165) is 16.7 Å². The number of nitrogens with one attached hydrogen (secondary N) is 1. The van der Waals surface area contributed by atoms with Gasteiger partial charge in [0.1, 0.15) is 0 Å². The number of anilines is 1. The predicted molar refractivity (Wildman–Crippen MR) is 85.7 cm³/mol. The molecule has 0 aromatic heterocycles. The molecule has 0 saturated carbocycles. The molecule has 0 radical (unpaired) electrons. The molecule has 0 fully saturated rings. The lowest BCUT2D eigenvalue weighted by molar-refractivity contribution is 0.600. The van der Waals surface area contributed by atoms with Crippen LogP contribution in [-0.4, -0.2) is 8.42 Å². The largest absolute Gasteiger partial charge is 0.326 e. The van der Waals surface area contributed by atoms with Gasteiger partial charge >= 0.3 is 0 Å². The zero-order chi connectivity index (χ0) is 15.5. The average molecular weight is 304 g/mol. The van der Waals surface area contributed by atoms with Crippen molar-refractivity contribution in [3.63, 3.8) is 0 Å². The molecule has 3 N–H and O–H groups in total. The number of sulfonamides is 1. The number of hydrogen-bond donors (Lipinski definition) is 2. The third-order valence-corrected chi connectivity index (χ3v) is 4.80. The van der Waals surface area contributed by atoms with Gasteiger partial charge in [0, 0.05) is 12.2 Å². The van der Waals surface area contributed by atoms with E-state index in [1.165, 1.54) is 0 Å². The topological polar surface area (TPSA) is 72.2 Å². The minimum Gasteiger partial charge on any atom is -0.326 e. The molecule has 5 heteroatoms. The van der Waals surface area contributed by atoms with Gasteiger partial charge in [-0.1, -0.05) is 36.8 Å². The van der Waals surface area contributed by atoms with E-state index < -0.39 is 10.0 Å². The van der Waals surface area contributed by atoms with Gasteiger partial charge in [0.25, 0.3) is 10.0 Å². The fourth-order valence-electron chi connectivity index (χ4n) is 2.10. The molecule has 0 aliphatic carbocycles. The third kappa shape index (κ3) is 3.62. The van der Waals surface area contributed by atoms with Crippen LogP contribution in [0.4, 0.5) is 5.69 Å². The lowest BCUT2D eigenvalue weighted by Crippen LogP contribution is -2.15. The number of hydrogen-bond acceptors (Lipinski definition) is 3. The van der Waals surface area contributed by atoms with E-state index in [2.05, 4.69) is 4.72 Å². The molecule has 112 valence electrons. The fraction of sp³-hybridized carbons (Fsp3) is 0.250. The molecule has 2 aromatic carbocycles. The molecule has 21 heavy (non-hydrogen) atoms. The summed E-state index contributed by atoms with van der Waals surface area (Å²) in [7, 11) is -3.61. The molecule has 0 aliphatic rings. The zero-order valence-electron chi connectivity index (χ0n) is 12.3. The van der Waals surface area contributed by atoms with Crippen molar-refractivity contribution in [2.24, 2.45) is 5.73 Å². The number of rotatable bonds is 5. The Morgan fingerprint density at radius 3 is 2.33 bits per heavy atom. The molecule has 4 nitrogen and oxygen atoms in total. The Morgan fingerprint density at radius 1 is 1.10 bits per heavy atom. The van der Waals surface area contributed by atoms with Crippen LogP contribution in [0.25, 0.3) is 0 Å². The van der Waals surface area contributed by atoms with E-state index in [1.54, 1.807) is 18.2 Å². The first-order valence-electron chi connectivity index (χ1n) is 6.87. The second-order valence-corrected chi connectivity index (χ2v) is 6.62. The van der Waals surface area contributed by atoms with E-state index in [1.807, 2.05) is 38.1 Å². The van der Waals surface area contributed by atoms with Crippen LogP contribution in [-0.2, 0) is 23.0 Å². The number of aryl methyl sites for hydroxylation is 2. The Morgan fingerprint density at radius 2 is 1.76 bits per heavy atom. The highest BCUT2D eigenvalue weighted by Gasteiger charge is 2.18. The number of nitrogens with two attached hydrogens (primary N) is 1. The molecule has 0 aliphatic heterocycles. The minimum absolute atomic E-state index is 0.300. The monoisotopic (exact) mass is 304 g/mol. The van der Waals surface area contributed by atoms with E-state index in [0.29, 0.717) is 23.5 Å². The fourth-order valence-corrected chi connectivity index (χ4v) is 3.52. The van der Waals surface area contributed by atoms with Crippen molar-refractivity contribution >= 4 is 15.7 Å². The second kappa shape index (κ2) is 6.28. The van der Waals surface area contributed by atoms with E-state index in [9.17, 15) is 8.42 Å². The van der Waals surface area contributed by atoms with Crippen molar-refractivity contribution in [3.8, 4) is 0 Å². The van der Waals surface area contributed by atoms with Gasteiger partial charge in [0.05, 0.1) is 4.90 Å². The van der Waals surface area contributed by atoms with Gasteiger partial charge in [0.2, 0.25) is 0 Å². The van der Waals surface area contributed by atoms with Crippen LogP contribution in [0.15, 0.2) is 47.4 Å². The van der Waals surface area contributed by atoms with E-state index >= 15 is 0 Å². The van der Waals surface area contributed by atoms with Crippen LogP contribution < -0.4 is 10.5 Å². The lowest BCUT2D eigenvalue weighted by Gasteiger charge is -2.13. The smallest absolute Gasteiger partial charge is 0.262 e. The maximum Gasteiger partial charge on any atom is 0.262 e. The Hall–Kier alpha value is -1.85. The highest BCUT2D eigenvalue weighted by atomic mass is 32.2. The highest BCUT2D eigenvalue weighted by Crippen LogP contribution is 2.22. The van der Waals surface area contributed by atoms with Crippen molar-refractivity contribution < 1.29 is 8.42 Å². The maximum atomic E-state index is 12.6. The lowest BCUT2D eigenvalue weighted by atomic mass is 10.1. The molecule has 2 rings (SSSR count). The summed E-state index contributed by atoms with van der Waals surface area (Å²) in [4.78, 5) is 0.300. The van der Waals surface area contributed by atoms with Crippen molar-refractivity contribution in [3.05, 3.63) is 59.2 Å². The molecule has 0 saturated heterocycles. The van der Waals surface area contributed by atoms with Crippen molar-refractivity contribution in [1.29, 1.82) is 0 Å². The highest BCUT2D eigenvalue weighted by molar-refractivity contribution is 7.92. The Labute approximate surface area is 126 Å². The molecular weight excluding hydrogens is 284 g/mol. The zero-order valence-corrected chi connectivity index (χ0v) is 13.1. The molecule has 0 spiro atoms. The predicted octanol–water partition coefficient (Wildman–Crippen LogP) is 2.82. The van der Waals surface area contributed by atoms with Gasteiger partial charge in [-0.15, -0.1) is 0 Å². The molecular formula is C16H20N2O2S. The van der Waals surface area contributed by atoms with Gasteiger partial charge < -0.3 is 5.73 Å². The first-order valence-corrected chi connectivity index (χ1v) is 8.36. The van der Waals surface area contributed by atoms with Gasteiger partial charge in [-0.05, 0) is 42.7 Å². The molecule has 2 aromatic rings. The summed E-state index contributed by atoms with van der Waals surface area (Å²) in [6.45, 7) is 4.21. The van der Waals surface area contributed by atoms with Gasteiger partial charge in [-0.2, -0.15) is 0 Å². The Balaban J connectivity index is 2.41. The normalized spacial score (nSPS) is 11.4. The van der Waals surface area contributed by atoms with Crippen LogP contribution >= 0.6 is 0 Å². The van der Waals surface area contributed by atoms with Crippen molar-refractivity contribution in [2.75, 3.05) is 4.72 Å². The molecule has 0 amide bonds. The Bertz CT molecular complexity index is 722. The van der Waals surface area contributed by atoms with Crippen molar-refractivity contribution in [1.82, 2.24) is 0 Å². The quantitative estimate of drug-likeness (QED) is 0.892. The third-order valence-electron chi connectivity index (χ3n) is 3.34. The summed E-state index contributed by atoms with van der Waals surface area (Å²) in [5.74, 6) is 0. The van der Waals surface area contributed by atoms with Crippen LogP contribution in [0.2, 0.25) is 0 Å². The van der Waals surface area contributed by atoms with Gasteiger partial charge in [0.15, 0.2) is 0 Å². The molecule has 0 heterocycles. The summed E-state index contributed by atoms with van der Waals surface area (Å²) >= 11 is 0. The van der Waals surface area contributed by atoms with Gasteiger partial charge in [-0.3, -0.25) is 4.72 Å². The standard InChI is InChI=1S/C16H20N2O2S/c1-3-14-7-6-13(11-17)10-16(14)21(19,20)18-15-8-4-12(2)5-9-15/h4-10,18H,3,11,17H2,1-2H3. The summed E-state index contributed by atoms with van der Waals surface area (Å²) in [5.41, 5.74) is 8.83. The molecule has 0 atom stereocenters. The van der Waals surface area contributed by atoms with E-state index in [-0.39, 0.29) is 0 Å². The molecule has 0 unspecified atom stereocenters. The Kier molecular flexibility index (Phi) is 4.65. The summed E-state index contributed by atoms with van der Waals surface area (Å²) < 4.78 is 27.8. The van der Waals surface area contributed by atoms with E-state index in [4.69, 9.17) is 5.73 Å². The van der Waals surface area contributed by atoms with Gasteiger partial charge in [-0.25, -0.2) is 8.42 Å². The summed E-state index contributed by atoms with van der Waals surface area (Å²) in [6, 6.07) is 12.6. The SMILES string of the molecule is CCc1ccc(CN)cc1S(=O)(=O)Nc1ccc(C)cc1. The van der Waals surface area contributed by atoms with Crippen LogP contribution in [0, 0.1) is 6.92 Å². The number of benzene rings is 2. The second-order valence-electron chi connectivity index (χ2n) is 4.97. The first-order chi connectivity index (χ1) is 9.96. The summed E-state index contributed by atoms with van der Waals surface area (Å²) in [5, 5.41) is 0. The van der Waals surface area contributed by atoms with Crippen LogP contribution in [0.1, 0.15) is 23.6 Å². The maximum absolute atomic E-state index is 12.6.